The summed E-state index contributed by atoms with van der Waals surface area (Å²) in [5.74, 6) is 0.637. The highest BCUT2D eigenvalue weighted by Gasteiger charge is 2.36. The summed E-state index contributed by atoms with van der Waals surface area (Å²) in [6.07, 6.45) is 4.88. The lowest BCUT2D eigenvalue weighted by atomic mass is 9.83. The van der Waals surface area contributed by atoms with Gasteiger partial charge in [-0.15, -0.1) is 0 Å². The van der Waals surface area contributed by atoms with E-state index in [0.717, 1.165) is 43.2 Å². The SMILES string of the molecule is CCCC1CCC(N)C(S(=O)(=O)Cc2cccc(C)c2)C1. The van der Waals surface area contributed by atoms with Crippen molar-refractivity contribution in [2.24, 2.45) is 11.7 Å². The van der Waals surface area contributed by atoms with E-state index in [0.29, 0.717) is 5.92 Å². The molecule has 0 aromatic heterocycles. The Balaban J connectivity index is 2.13. The fourth-order valence-electron chi connectivity index (χ4n) is 3.46. The largest absolute Gasteiger partial charge is 0.327 e. The Morgan fingerprint density at radius 2 is 2.05 bits per heavy atom. The third-order valence-electron chi connectivity index (χ3n) is 4.56. The van der Waals surface area contributed by atoms with Crippen LogP contribution in [0.3, 0.4) is 0 Å². The van der Waals surface area contributed by atoms with Crippen molar-refractivity contribution < 1.29 is 8.42 Å². The zero-order chi connectivity index (χ0) is 15.5. The van der Waals surface area contributed by atoms with Crippen molar-refractivity contribution in [3.05, 3.63) is 35.4 Å². The van der Waals surface area contributed by atoms with Crippen molar-refractivity contribution in [2.75, 3.05) is 0 Å². The molecular weight excluding hydrogens is 282 g/mol. The van der Waals surface area contributed by atoms with Crippen LogP contribution in [-0.2, 0) is 15.6 Å². The lowest BCUT2D eigenvalue weighted by Crippen LogP contribution is -2.45. The van der Waals surface area contributed by atoms with Crippen LogP contribution in [-0.4, -0.2) is 19.7 Å². The number of benzene rings is 1. The van der Waals surface area contributed by atoms with Crippen LogP contribution in [0.2, 0.25) is 0 Å². The fourth-order valence-corrected chi connectivity index (χ4v) is 5.55. The Morgan fingerprint density at radius 3 is 2.71 bits per heavy atom. The number of sulfone groups is 1. The van der Waals surface area contributed by atoms with Gasteiger partial charge in [-0.25, -0.2) is 8.42 Å². The molecule has 4 heteroatoms. The first kappa shape index (κ1) is 16.5. The highest BCUT2D eigenvalue weighted by Crippen LogP contribution is 2.32. The molecule has 0 heterocycles. The molecule has 0 radical (unpaired) electrons. The molecule has 118 valence electrons. The quantitative estimate of drug-likeness (QED) is 0.908. The Labute approximate surface area is 128 Å². The first-order chi connectivity index (χ1) is 9.92. The molecule has 3 nitrogen and oxygen atoms in total. The van der Waals surface area contributed by atoms with Crippen molar-refractivity contribution >= 4 is 9.84 Å². The molecule has 3 unspecified atom stereocenters. The number of hydrogen-bond donors (Lipinski definition) is 1. The van der Waals surface area contributed by atoms with Gasteiger partial charge in [0.25, 0.3) is 0 Å². The van der Waals surface area contributed by atoms with E-state index < -0.39 is 9.84 Å². The molecule has 1 saturated carbocycles. The first-order valence-corrected chi connectivity index (χ1v) is 9.66. The second-order valence-corrected chi connectivity index (χ2v) is 8.69. The maximum Gasteiger partial charge on any atom is 0.158 e. The van der Waals surface area contributed by atoms with Crippen LogP contribution in [0.15, 0.2) is 24.3 Å². The minimum Gasteiger partial charge on any atom is -0.327 e. The maximum atomic E-state index is 12.7. The molecule has 1 fully saturated rings. The molecule has 0 bridgehead atoms. The summed E-state index contributed by atoms with van der Waals surface area (Å²) >= 11 is 0. The van der Waals surface area contributed by atoms with Crippen molar-refractivity contribution in [2.45, 2.75) is 63.0 Å². The number of aryl methyl sites for hydroxylation is 1. The summed E-state index contributed by atoms with van der Waals surface area (Å²) in [6.45, 7) is 4.14. The van der Waals surface area contributed by atoms with Gasteiger partial charge in [-0.2, -0.15) is 0 Å². The zero-order valence-corrected chi connectivity index (χ0v) is 13.9. The van der Waals surface area contributed by atoms with E-state index in [2.05, 4.69) is 6.92 Å². The zero-order valence-electron chi connectivity index (χ0n) is 13.1. The number of rotatable bonds is 5. The standard InChI is InChI=1S/C17H27NO2S/c1-3-5-14-8-9-16(18)17(11-14)21(19,20)12-15-7-4-6-13(2)10-15/h4,6-7,10,14,16-17H,3,5,8-9,11-12,18H2,1-2H3. The van der Waals surface area contributed by atoms with Crippen molar-refractivity contribution in [1.29, 1.82) is 0 Å². The monoisotopic (exact) mass is 309 g/mol. The molecular formula is C17H27NO2S. The molecule has 1 aromatic rings. The molecule has 3 atom stereocenters. The van der Waals surface area contributed by atoms with Gasteiger partial charge in [0, 0.05) is 6.04 Å². The van der Waals surface area contributed by atoms with Gasteiger partial charge in [0.05, 0.1) is 11.0 Å². The van der Waals surface area contributed by atoms with Crippen LogP contribution in [0, 0.1) is 12.8 Å². The Kier molecular flexibility index (Phi) is 5.44. The molecule has 1 aliphatic carbocycles. The summed E-state index contributed by atoms with van der Waals surface area (Å²) in [4.78, 5) is 0. The number of nitrogens with two attached hydrogens (primary N) is 1. The second-order valence-electron chi connectivity index (χ2n) is 6.47. The van der Waals surface area contributed by atoms with Gasteiger partial charge in [-0.05, 0) is 37.7 Å². The molecule has 21 heavy (non-hydrogen) atoms. The minimum absolute atomic E-state index is 0.117. The highest BCUT2D eigenvalue weighted by molar-refractivity contribution is 7.91. The average Bonchev–Trinajstić information content (AvgIpc) is 2.40. The topological polar surface area (TPSA) is 60.2 Å². The van der Waals surface area contributed by atoms with E-state index in [-0.39, 0.29) is 17.0 Å². The van der Waals surface area contributed by atoms with Gasteiger partial charge < -0.3 is 5.73 Å². The van der Waals surface area contributed by atoms with E-state index in [1.54, 1.807) is 0 Å². The molecule has 0 aliphatic heterocycles. The predicted molar refractivity (Wildman–Crippen MR) is 87.8 cm³/mol. The molecule has 2 N–H and O–H groups in total. The number of hydrogen-bond acceptors (Lipinski definition) is 3. The Bertz CT molecular complexity index is 568. The minimum atomic E-state index is -3.18. The fraction of sp³-hybridized carbons (Fsp3) is 0.647. The van der Waals surface area contributed by atoms with Crippen molar-refractivity contribution in [3.63, 3.8) is 0 Å². The Morgan fingerprint density at radius 1 is 1.29 bits per heavy atom. The van der Waals surface area contributed by atoms with E-state index >= 15 is 0 Å². The van der Waals surface area contributed by atoms with Gasteiger partial charge in [0.1, 0.15) is 0 Å². The molecule has 2 rings (SSSR count). The summed E-state index contributed by atoms with van der Waals surface area (Å²) in [6, 6.07) is 7.55. The lowest BCUT2D eigenvalue weighted by molar-refractivity contribution is 0.309. The van der Waals surface area contributed by atoms with Gasteiger partial charge in [0.2, 0.25) is 0 Å². The maximum absolute atomic E-state index is 12.7. The van der Waals surface area contributed by atoms with Crippen LogP contribution < -0.4 is 5.73 Å². The van der Waals surface area contributed by atoms with Crippen LogP contribution >= 0.6 is 0 Å². The van der Waals surface area contributed by atoms with E-state index in [9.17, 15) is 8.42 Å². The first-order valence-electron chi connectivity index (χ1n) is 7.95. The molecule has 0 spiro atoms. The van der Waals surface area contributed by atoms with E-state index in [1.807, 2.05) is 31.2 Å². The van der Waals surface area contributed by atoms with Crippen LogP contribution in [0.5, 0.6) is 0 Å². The molecule has 0 saturated heterocycles. The predicted octanol–water partition coefficient (Wildman–Crippen LogP) is 3.21. The van der Waals surface area contributed by atoms with E-state index in [4.69, 9.17) is 5.73 Å². The van der Waals surface area contributed by atoms with Gasteiger partial charge in [0.15, 0.2) is 9.84 Å². The second kappa shape index (κ2) is 6.93. The summed E-state index contributed by atoms with van der Waals surface area (Å²) < 4.78 is 25.5. The van der Waals surface area contributed by atoms with Gasteiger partial charge in [-0.1, -0.05) is 49.6 Å². The molecule has 0 amide bonds. The Hall–Kier alpha value is -0.870. The average molecular weight is 309 g/mol. The van der Waals surface area contributed by atoms with Crippen LogP contribution in [0.4, 0.5) is 0 Å². The summed E-state index contributed by atoms with van der Waals surface area (Å²) in [5, 5.41) is -0.372. The lowest BCUT2D eigenvalue weighted by Gasteiger charge is -2.33. The smallest absolute Gasteiger partial charge is 0.158 e. The third-order valence-corrected chi connectivity index (χ3v) is 6.76. The summed E-state index contributed by atoms with van der Waals surface area (Å²) in [5.41, 5.74) is 8.10. The summed E-state index contributed by atoms with van der Waals surface area (Å²) in [7, 11) is -3.18. The van der Waals surface area contributed by atoms with E-state index in [1.165, 1.54) is 0 Å². The third kappa shape index (κ3) is 4.30. The highest BCUT2D eigenvalue weighted by atomic mass is 32.2. The van der Waals surface area contributed by atoms with Crippen molar-refractivity contribution in [3.8, 4) is 0 Å². The normalized spacial score (nSPS) is 26.7. The van der Waals surface area contributed by atoms with Crippen molar-refractivity contribution in [1.82, 2.24) is 0 Å². The van der Waals surface area contributed by atoms with Crippen LogP contribution in [0.25, 0.3) is 0 Å². The van der Waals surface area contributed by atoms with Gasteiger partial charge in [-0.3, -0.25) is 0 Å². The molecule has 1 aliphatic rings. The van der Waals surface area contributed by atoms with Gasteiger partial charge >= 0.3 is 0 Å². The van der Waals surface area contributed by atoms with Crippen LogP contribution in [0.1, 0.15) is 50.2 Å². The molecule has 1 aromatic carbocycles.